The van der Waals surface area contributed by atoms with Crippen LogP contribution < -0.4 is 5.32 Å². The van der Waals surface area contributed by atoms with Gasteiger partial charge in [0, 0.05) is 14.0 Å². The Labute approximate surface area is 123 Å². The predicted octanol–water partition coefficient (Wildman–Crippen LogP) is 2.65. The Balaban J connectivity index is 5.00. The van der Waals surface area contributed by atoms with Crippen molar-refractivity contribution in [1.29, 1.82) is 5.26 Å². The van der Waals surface area contributed by atoms with E-state index in [-0.39, 0.29) is 17.0 Å². The first-order valence-corrected chi connectivity index (χ1v) is 9.74. The lowest BCUT2D eigenvalue weighted by Gasteiger charge is -2.40. The Morgan fingerprint density at radius 1 is 1.35 bits per heavy atom. The quantitative estimate of drug-likeness (QED) is 0.604. The monoisotopic (exact) mass is 300 g/mol. The van der Waals surface area contributed by atoms with Gasteiger partial charge in [-0.15, -0.1) is 0 Å². The fraction of sp³-hybridized carbons (Fsp3) is 0.857. The molecule has 0 aromatic carbocycles. The third kappa shape index (κ3) is 5.23. The summed E-state index contributed by atoms with van der Waals surface area (Å²) in [5, 5.41) is 12.1. The van der Waals surface area contributed by atoms with E-state index in [1.54, 1.807) is 0 Å². The lowest BCUT2D eigenvalue weighted by molar-refractivity contribution is -0.124. The highest BCUT2D eigenvalue weighted by Gasteiger charge is 2.41. The van der Waals surface area contributed by atoms with E-state index < -0.39 is 20.5 Å². The van der Waals surface area contributed by atoms with E-state index in [1.807, 2.05) is 6.92 Å². The number of rotatable bonds is 6. The second kappa shape index (κ2) is 7.20. The van der Waals surface area contributed by atoms with Crippen LogP contribution in [0.25, 0.3) is 0 Å². The molecule has 6 heteroatoms. The number of hydrogen-bond donors (Lipinski definition) is 1. The first-order valence-electron chi connectivity index (χ1n) is 6.83. The van der Waals surface area contributed by atoms with Gasteiger partial charge in [-0.25, -0.2) is 0 Å². The molecule has 0 saturated heterocycles. The van der Waals surface area contributed by atoms with Gasteiger partial charge in [-0.2, -0.15) is 5.26 Å². The van der Waals surface area contributed by atoms with Crippen molar-refractivity contribution in [3.63, 3.8) is 0 Å². The molecule has 0 spiro atoms. The Morgan fingerprint density at radius 3 is 2.15 bits per heavy atom. The number of ether oxygens (including phenoxy) is 1. The van der Waals surface area contributed by atoms with Crippen LogP contribution >= 0.6 is 0 Å². The standard InChI is InChI=1S/C14H28N2O3Si/c1-10(19-20(7,8)14(3,4)5)12(9-15)13(18-6)16-11(2)17/h10,12-13H,1-8H3,(H,16,17)/t10?,12-,13-/m1/s1. The van der Waals surface area contributed by atoms with E-state index in [0.29, 0.717) is 0 Å². The van der Waals surface area contributed by atoms with E-state index in [4.69, 9.17) is 9.16 Å². The SMILES string of the molecule is CO[C@@H](NC(C)=O)[C@H](C#N)C(C)O[Si](C)(C)C(C)(C)C. The average Bonchev–Trinajstić information content (AvgIpc) is 2.25. The van der Waals surface area contributed by atoms with Crippen molar-refractivity contribution in [3.8, 4) is 6.07 Å². The van der Waals surface area contributed by atoms with Crippen LogP contribution in [0.2, 0.25) is 18.1 Å². The van der Waals surface area contributed by atoms with Crippen LogP contribution in [0.3, 0.4) is 0 Å². The fourth-order valence-corrected chi connectivity index (χ4v) is 3.06. The molecule has 5 nitrogen and oxygen atoms in total. The summed E-state index contributed by atoms with van der Waals surface area (Å²) < 4.78 is 11.4. The zero-order valence-corrected chi connectivity index (χ0v) is 14.9. The number of carbonyl (C=O) groups is 1. The third-order valence-electron chi connectivity index (χ3n) is 3.87. The van der Waals surface area contributed by atoms with Crippen LogP contribution in [0, 0.1) is 17.2 Å². The Hall–Kier alpha value is -0.903. The van der Waals surface area contributed by atoms with Gasteiger partial charge in [0.05, 0.1) is 12.2 Å². The minimum Gasteiger partial charge on any atom is -0.413 e. The van der Waals surface area contributed by atoms with Gasteiger partial charge in [0.1, 0.15) is 12.1 Å². The maximum absolute atomic E-state index is 11.2. The Kier molecular flexibility index (Phi) is 6.88. The molecule has 0 heterocycles. The number of methoxy groups -OCH3 is 1. The lowest BCUT2D eigenvalue weighted by Crippen LogP contribution is -2.50. The number of amides is 1. The second-order valence-corrected chi connectivity index (χ2v) is 11.4. The summed E-state index contributed by atoms with van der Waals surface area (Å²) in [5.74, 6) is -0.769. The summed E-state index contributed by atoms with van der Waals surface area (Å²) in [6.45, 7) is 14.0. The molecule has 0 radical (unpaired) electrons. The summed E-state index contributed by atoms with van der Waals surface area (Å²) in [6, 6.07) is 2.19. The van der Waals surface area contributed by atoms with E-state index in [0.717, 1.165) is 0 Å². The molecule has 0 bridgehead atoms. The van der Waals surface area contributed by atoms with Crippen LogP contribution in [0.1, 0.15) is 34.6 Å². The van der Waals surface area contributed by atoms with Gasteiger partial charge in [0.2, 0.25) is 5.91 Å². The van der Waals surface area contributed by atoms with E-state index in [1.165, 1.54) is 14.0 Å². The smallest absolute Gasteiger partial charge is 0.218 e. The van der Waals surface area contributed by atoms with Crippen LogP contribution in [-0.2, 0) is 14.0 Å². The topological polar surface area (TPSA) is 71.3 Å². The van der Waals surface area contributed by atoms with Crippen molar-refractivity contribution >= 4 is 14.2 Å². The molecule has 1 N–H and O–H groups in total. The number of hydrogen-bond acceptors (Lipinski definition) is 4. The van der Waals surface area contributed by atoms with Gasteiger partial charge in [-0.05, 0) is 25.1 Å². The normalized spacial score (nSPS) is 16.9. The minimum atomic E-state index is -1.96. The van der Waals surface area contributed by atoms with Gasteiger partial charge in [-0.1, -0.05) is 20.8 Å². The molecule has 0 aliphatic rings. The first-order chi connectivity index (χ1) is 8.96. The van der Waals surface area contributed by atoms with Gasteiger partial charge in [-0.3, -0.25) is 4.79 Å². The van der Waals surface area contributed by atoms with E-state index in [9.17, 15) is 10.1 Å². The summed E-state index contributed by atoms with van der Waals surface area (Å²) in [4.78, 5) is 11.2. The van der Waals surface area contributed by atoms with Gasteiger partial charge in [0.25, 0.3) is 0 Å². The van der Waals surface area contributed by atoms with Crippen molar-refractivity contribution in [2.45, 2.75) is 65.1 Å². The van der Waals surface area contributed by atoms with Crippen LogP contribution in [-0.4, -0.2) is 33.7 Å². The minimum absolute atomic E-state index is 0.0673. The molecule has 0 fully saturated rings. The molecule has 0 saturated carbocycles. The van der Waals surface area contributed by atoms with Crippen LogP contribution in [0.15, 0.2) is 0 Å². The van der Waals surface area contributed by atoms with Gasteiger partial charge >= 0.3 is 0 Å². The number of nitriles is 1. The van der Waals surface area contributed by atoms with E-state index >= 15 is 0 Å². The summed E-state index contributed by atoms with van der Waals surface area (Å²) in [5.41, 5.74) is 0. The molecule has 0 aliphatic carbocycles. The van der Waals surface area contributed by atoms with Crippen molar-refractivity contribution in [3.05, 3.63) is 0 Å². The number of nitrogens with one attached hydrogen (secondary N) is 1. The largest absolute Gasteiger partial charge is 0.413 e. The molecule has 1 unspecified atom stereocenters. The highest BCUT2D eigenvalue weighted by Crippen LogP contribution is 2.38. The van der Waals surface area contributed by atoms with Crippen molar-refractivity contribution in [1.82, 2.24) is 5.32 Å². The first kappa shape index (κ1) is 19.1. The van der Waals surface area contributed by atoms with Crippen molar-refractivity contribution < 1.29 is 14.0 Å². The highest BCUT2D eigenvalue weighted by atomic mass is 28.4. The predicted molar refractivity (Wildman–Crippen MR) is 81.5 cm³/mol. The zero-order chi connectivity index (χ0) is 16.1. The number of nitrogens with zero attached hydrogens (tertiary/aromatic N) is 1. The Bertz CT molecular complexity index is 372. The van der Waals surface area contributed by atoms with Gasteiger partial charge < -0.3 is 14.5 Å². The van der Waals surface area contributed by atoms with E-state index in [2.05, 4.69) is 45.3 Å². The lowest BCUT2D eigenvalue weighted by atomic mass is 10.0. The molecular formula is C14H28N2O3Si. The van der Waals surface area contributed by atoms with Crippen molar-refractivity contribution in [2.75, 3.05) is 7.11 Å². The molecule has 0 rings (SSSR count). The van der Waals surface area contributed by atoms with Gasteiger partial charge in [0.15, 0.2) is 8.32 Å². The summed E-state index contributed by atoms with van der Waals surface area (Å²) in [7, 11) is -0.489. The summed E-state index contributed by atoms with van der Waals surface area (Å²) >= 11 is 0. The zero-order valence-electron chi connectivity index (χ0n) is 13.9. The average molecular weight is 300 g/mol. The molecule has 1 amide bonds. The molecule has 0 aromatic rings. The highest BCUT2D eigenvalue weighted by molar-refractivity contribution is 6.74. The Morgan fingerprint density at radius 2 is 1.85 bits per heavy atom. The van der Waals surface area contributed by atoms with Crippen LogP contribution in [0.5, 0.6) is 0 Å². The molecule has 20 heavy (non-hydrogen) atoms. The second-order valence-electron chi connectivity index (χ2n) is 6.59. The summed E-state index contributed by atoms with van der Waals surface area (Å²) in [6.07, 6.45) is -0.963. The third-order valence-corrected chi connectivity index (χ3v) is 8.44. The maximum atomic E-state index is 11.2. The molecule has 0 aliphatic heterocycles. The van der Waals surface area contributed by atoms with Crippen LogP contribution in [0.4, 0.5) is 0 Å². The molecule has 0 aromatic heterocycles. The molecular weight excluding hydrogens is 272 g/mol. The fourth-order valence-electron chi connectivity index (χ4n) is 1.63. The molecule has 116 valence electrons. The van der Waals surface area contributed by atoms with Crippen molar-refractivity contribution in [2.24, 2.45) is 5.92 Å². The molecule has 3 atom stereocenters. The maximum Gasteiger partial charge on any atom is 0.218 e. The number of carbonyl (C=O) groups excluding carboxylic acids is 1.